The van der Waals surface area contributed by atoms with Crippen LogP contribution in [0.2, 0.25) is 0 Å². The molecule has 1 N–H and O–H groups in total. The molecule has 1 saturated heterocycles. The van der Waals surface area contributed by atoms with Gasteiger partial charge in [-0.2, -0.15) is 0 Å². The number of methoxy groups -OCH3 is 1. The molecule has 1 aromatic heterocycles. The van der Waals surface area contributed by atoms with Crippen molar-refractivity contribution in [3.8, 4) is 5.75 Å². The van der Waals surface area contributed by atoms with Crippen LogP contribution in [0, 0.1) is 10.1 Å². The Bertz CT molecular complexity index is 1390. The molecule has 1 aliphatic rings. The van der Waals surface area contributed by atoms with E-state index in [0.29, 0.717) is 30.1 Å². The maximum Gasteiger partial charge on any atom is 0.269 e. The molecule has 0 saturated carbocycles. The van der Waals surface area contributed by atoms with E-state index in [9.17, 15) is 14.9 Å². The Morgan fingerprint density at radius 1 is 1.03 bits per heavy atom. The van der Waals surface area contributed by atoms with Crippen LogP contribution in [-0.2, 0) is 4.79 Å². The smallest absolute Gasteiger partial charge is 0.269 e. The van der Waals surface area contributed by atoms with Gasteiger partial charge in [-0.05, 0) is 31.2 Å². The molecule has 4 aromatic rings. The van der Waals surface area contributed by atoms with E-state index in [-0.39, 0.29) is 17.6 Å². The Labute approximate surface area is 202 Å². The number of nitro benzene ring substituents is 1. The number of nitrogens with one attached hydrogen (secondary N) is 1. The summed E-state index contributed by atoms with van der Waals surface area (Å²) < 4.78 is 11.5. The summed E-state index contributed by atoms with van der Waals surface area (Å²) >= 11 is 0. The Balaban J connectivity index is 1.26. The van der Waals surface area contributed by atoms with Crippen molar-refractivity contribution in [1.29, 1.82) is 0 Å². The zero-order valence-corrected chi connectivity index (χ0v) is 19.6. The maximum absolute atomic E-state index is 13.1. The van der Waals surface area contributed by atoms with E-state index >= 15 is 0 Å². The van der Waals surface area contributed by atoms with Gasteiger partial charge in [-0.3, -0.25) is 19.8 Å². The average molecular weight is 475 g/mol. The molecule has 0 bridgehead atoms. The van der Waals surface area contributed by atoms with Crippen LogP contribution < -0.4 is 15.0 Å². The number of amides is 1. The second kappa shape index (κ2) is 9.27. The molecule has 5 rings (SSSR count). The Morgan fingerprint density at radius 3 is 2.43 bits per heavy atom. The lowest BCUT2D eigenvalue weighted by molar-refractivity contribution is -0.384. The first-order valence-electron chi connectivity index (χ1n) is 11.5. The van der Waals surface area contributed by atoms with E-state index in [4.69, 9.17) is 9.15 Å². The van der Waals surface area contributed by atoms with Crippen molar-refractivity contribution in [3.05, 3.63) is 70.8 Å². The van der Waals surface area contributed by atoms with Gasteiger partial charge in [0.15, 0.2) is 0 Å². The van der Waals surface area contributed by atoms with Gasteiger partial charge < -0.3 is 19.4 Å². The third-order valence-corrected chi connectivity index (χ3v) is 6.62. The number of benzene rings is 3. The normalized spacial score (nSPS) is 15.3. The third-order valence-electron chi connectivity index (χ3n) is 6.62. The topological polar surface area (TPSA) is 101 Å². The van der Waals surface area contributed by atoms with Crippen LogP contribution in [0.25, 0.3) is 21.9 Å². The predicted molar refractivity (Wildman–Crippen MR) is 135 cm³/mol. The number of piperazine rings is 1. The van der Waals surface area contributed by atoms with E-state index in [0.717, 1.165) is 35.1 Å². The highest BCUT2D eigenvalue weighted by molar-refractivity contribution is 6.08. The van der Waals surface area contributed by atoms with Crippen LogP contribution in [0.15, 0.2) is 65.1 Å². The minimum absolute atomic E-state index is 0.0777. The van der Waals surface area contributed by atoms with Gasteiger partial charge in [0.25, 0.3) is 5.69 Å². The van der Waals surface area contributed by atoms with Crippen molar-refractivity contribution >= 4 is 44.9 Å². The van der Waals surface area contributed by atoms with Crippen LogP contribution in [-0.4, -0.2) is 55.1 Å². The quantitative estimate of drug-likeness (QED) is 0.321. The van der Waals surface area contributed by atoms with Gasteiger partial charge in [0.05, 0.1) is 23.8 Å². The number of carbonyl (C=O) groups excluding carboxylic acids is 1. The van der Waals surface area contributed by atoms with E-state index < -0.39 is 4.92 Å². The van der Waals surface area contributed by atoms with Gasteiger partial charge in [0.1, 0.15) is 16.9 Å². The van der Waals surface area contributed by atoms with E-state index in [1.165, 1.54) is 12.1 Å². The largest absolute Gasteiger partial charge is 0.495 e. The first-order chi connectivity index (χ1) is 16.9. The molecule has 9 heteroatoms. The summed E-state index contributed by atoms with van der Waals surface area (Å²) in [7, 11) is 1.58. The summed E-state index contributed by atoms with van der Waals surface area (Å²) in [4.78, 5) is 27.9. The SMILES string of the molecule is COc1cc2c(cc1NC(=O)[C@@H](C)N1CCN(c3ccc([N+](=O)[O-])cc3)CC1)oc1ccccc12. The number of ether oxygens (including phenoxy) is 1. The maximum atomic E-state index is 13.1. The van der Waals surface area contributed by atoms with E-state index in [1.54, 1.807) is 19.2 Å². The second-order valence-corrected chi connectivity index (χ2v) is 8.61. The lowest BCUT2D eigenvalue weighted by atomic mass is 10.1. The lowest BCUT2D eigenvalue weighted by Crippen LogP contribution is -2.52. The molecule has 3 aromatic carbocycles. The van der Waals surface area contributed by atoms with Crippen LogP contribution in [0.3, 0.4) is 0 Å². The van der Waals surface area contributed by atoms with Gasteiger partial charge in [-0.15, -0.1) is 0 Å². The number of hydrogen-bond acceptors (Lipinski definition) is 7. The number of hydrogen-bond donors (Lipinski definition) is 1. The molecule has 0 unspecified atom stereocenters. The van der Waals surface area contributed by atoms with Crippen LogP contribution in [0.4, 0.5) is 17.1 Å². The summed E-state index contributed by atoms with van der Waals surface area (Å²) in [5.41, 5.74) is 3.06. The predicted octanol–water partition coefficient (Wildman–Crippen LogP) is 4.65. The minimum atomic E-state index is -0.400. The van der Waals surface area contributed by atoms with Gasteiger partial charge in [-0.1, -0.05) is 18.2 Å². The first kappa shape index (κ1) is 22.7. The summed E-state index contributed by atoms with van der Waals surface area (Å²) in [5.74, 6) is 0.454. The van der Waals surface area contributed by atoms with Crippen molar-refractivity contribution < 1.29 is 18.9 Å². The minimum Gasteiger partial charge on any atom is -0.495 e. The number of anilines is 2. The zero-order valence-electron chi connectivity index (χ0n) is 19.6. The Morgan fingerprint density at radius 2 is 1.74 bits per heavy atom. The monoisotopic (exact) mass is 474 g/mol. The van der Waals surface area contributed by atoms with Crippen molar-refractivity contribution in [2.45, 2.75) is 13.0 Å². The number of non-ortho nitro benzene ring substituents is 1. The molecular formula is C26H26N4O5. The standard InChI is InChI=1S/C26H26N4O5/c1-17(28-11-13-29(14-12-28)18-7-9-19(10-8-18)30(32)33)26(31)27-22-16-24-21(15-25(22)34-2)20-5-3-4-6-23(20)35-24/h3-10,15-17H,11-14H2,1-2H3,(H,27,31)/t17-/m1/s1. The highest BCUT2D eigenvalue weighted by Gasteiger charge is 2.27. The number of para-hydroxylation sites is 1. The average Bonchev–Trinajstić information content (AvgIpc) is 3.25. The van der Waals surface area contributed by atoms with Crippen molar-refractivity contribution in [2.24, 2.45) is 0 Å². The molecule has 1 atom stereocenters. The third kappa shape index (κ3) is 4.38. The van der Waals surface area contributed by atoms with Crippen LogP contribution in [0.1, 0.15) is 6.92 Å². The van der Waals surface area contributed by atoms with Crippen LogP contribution >= 0.6 is 0 Å². The van der Waals surface area contributed by atoms with Crippen molar-refractivity contribution in [2.75, 3.05) is 43.5 Å². The number of nitro groups is 1. The van der Waals surface area contributed by atoms with E-state index in [1.807, 2.05) is 43.3 Å². The molecule has 1 fully saturated rings. The summed E-state index contributed by atoms with van der Waals surface area (Å²) in [6.07, 6.45) is 0. The number of carbonyl (C=O) groups is 1. The van der Waals surface area contributed by atoms with Gasteiger partial charge in [0, 0.05) is 60.8 Å². The number of rotatable bonds is 6. The fraction of sp³-hybridized carbons (Fsp3) is 0.269. The lowest BCUT2D eigenvalue weighted by Gasteiger charge is -2.38. The molecule has 0 spiro atoms. The molecule has 0 aliphatic carbocycles. The highest BCUT2D eigenvalue weighted by Crippen LogP contribution is 2.36. The second-order valence-electron chi connectivity index (χ2n) is 8.61. The number of fused-ring (bicyclic) bond motifs is 3. The molecule has 2 heterocycles. The molecule has 9 nitrogen and oxygen atoms in total. The number of furan rings is 1. The Kier molecular flexibility index (Phi) is 6.00. The first-order valence-corrected chi connectivity index (χ1v) is 11.5. The molecule has 1 amide bonds. The molecule has 180 valence electrons. The molecule has 0 radical (unpaired) electrons. The number of nitrogens with zero attached hydrogens (tertiary/aromatic N) is 3. The molecule has 35 heavy (non-hydrogen) atoms. The molecular weight excluding hydrogens is 448 g/mol. The van der Waals surface area contributed by atoms with Crippen molar-refractivity contribution in [1.82, 2.24) is 4.90 Å². The van der Waals surface area contributed by atoms with Gasteiger partial charge >= 0.3 is 0 Å². The summed E-state index contributed by atoms with van der Waals surface area (Å²) in [6.45, 7) is 4.74. The van der Waals surface area contributed by atoms with Gasteiger partial charge in [-0.25, -0.2) is 0 Å². The highest BCUT2D eigenvalue weighted by atomic mass is 16.6. The summed E-state index contributed by atoms with van der Waals surface area (Å²) in [6, 6.07) is 17.7. The van der Waals surface area contributed by atoms with E-state index in [2.05, 4.69) is 15.1 Å². The fourth-order valence-corrected chi connectivity index (χ4v) is 4.57. The van der Waals surface area contributed by atoms with Crippen molar-refractivity contribution in [3.63, 3.8) is 0 Å². The molecule has 1 aliphatic heterocycles. The van der Waals surface area contributed by atoms with Crippen LogP contribution in [0.5, 0.6) is 5.75 Å². The Hall–Kier alpha value is -4.11. The fourth-order valence-electron chi connectivity index (χ4n) is 4.57. The zero-order chi connectivity index (χ0) is 24.5. The summed E-state index contributed by atoms with van der Waals surface area (Å²) in [5, 5.41) is 15.8. The van der Waals surface area contributed by atoms with Gasteiger partial charge in [0.2, 0.25) is 5.91 Å².